The number of amides is 2. The molecule has 2 atom stereocenters. The lowest BCUT2D eigenvalue weighted by Gasteiger charge is -2.45. The van der Waals surface area contributed by atoms with Crippen molar-refractivity contribution in [3.05, 3.63) is 0 Å². The van der Waals surface area contributed by atoms with Gasteiger partial charge in [-0.1, -0.05) is 19.8 Å². The molecule has 0 radical (unpaired) electrons. The van der Waals surface area contributed by atoms with Gasteiger partial charge in [-0.2, -0.15) is 0 Å². The lowest BCUT2D eigenvalue weighted by atomic mass is 9.99. The van der Waals surface area contributed by atoms with E-state index < -0.39 is 0 Å². The second-order valence-electron chi connectivity index (χ2n) is 4.82. The number of unbranched alkanes of at least 4 members (excludes halogenated alkanes) is 1. The summed E-state index contributed by atoms with van der Waals surface area (Å²) < 4.78 is 0. The zero-order valence-electron chi connectivity index (χ0n) is 10.8. The number of nitrogens with zero attached hydrogens (tertiary/aromatic N) is 2. The van der Waals surface area contributed by atoms with Crippen LogP contribution in [0, 0.1) is 0 Å². The van der Waals surface area contributed by atoms with Gasteiger partial charge in [0, 0.05) is 18.6 Å². The van der Waals surface area contributed by atoms with E-state index in [2.05, 4.69) is 25.8 Å². The minimum absolute atomic E-state index is 0.311. The van der Waals surface area contributed by atoms with Crippen LogP contribution in [0.4, 0.5) is 4.79 Å². The van der Waals surface area contributed by atoms with E-state index in [0.29, 0.717) is 12.1 Å². The van der Waals surface area contributed by atoms with Crippen LogP contribution in [0.1, 0.15) is 52.9 Å². The maximum atomic E-state index is 11.5. The van der Waals surface area contributed by atoms with Crippen LogP contribution in [0.2, 0.25) is 0 Å². The number of hydrazine groups is 1. The Morgan fingerprint density at radius 1 is 1.38 bits per heavy atom. The summed E-state index contributed by atoms with van der Waals surface area (Å²) in [6.07, 6.45) is 5.65. The minimum Gasteiger partial charge on any atom is -0.350 e. The summed E-state index contributed by atoms with van der Waals surface area (Å²) in [5.41, 5.74) is 5.48. The molecule has 4 heteroatoms. The molecule has 0 aliphatic carbocycles. The van der Waals surface area contributed by atoms with Gasteiger partial charge in [-0.3, -0.25) is 5.01 Å². The first-order valence-corrected chi connectivity index (χ1v) is 6.43. The SMILES string of the molecule is CCCCN(C(N)=O)N1C(C)CCCC1C. The first-order chi connectivity index (χ1) is 7.57. The molecule has 16 heavy (non-hydrogen) atoms. The van der Waals surface area contributed by atoms with Crippen LogP contribution < -0.4 is 5.73 Å². The Hall–Kier alpha value is -0.770. The Morgan fingerprint density at radius 3 is 2.38 bits per heavy atom. The Labute approximate surface area is 98.7 Å². The Morgan fingerprint density at radius 2 is 1.94 bits per heavy atom. The van der Waals surface area contributed by atoms with Gasteiger partial charge in [-0.05, 0) is 33.1 Å². The van der Waals surface area contributed by atoms with Gasteiger partial charge >= 0.3 is 6.03 Å². The summed E-state index contributed by atoms with van der Waals surface area (Å²) in [5, 5.41) is 3.93. The van der Waals surface area contributed by atoms with E-state index in [1.54, 1.807) is 5.01 Å². The van der Waals surface area contributed by atoms with Crippen molar-refractivity contribution in [3.8, 4) is 0 Å². The number of urea groups is 1. The molecule has 0 aromatic carbocycles. The van der Waals surface area contributed by atoms with Crippen molar-refractivity contribution in [1.29, 1.82) is 0 Å². The number of carbonyl (C=O) groups is 1. The van der Waals surface area contributed by atoms with Gasteiger partial charge in [0.2, 0.25) is 0 Å². The molecule has 1 aliphatic heterocycles. The Kier molecular flexibility index (Phi) is 5.06. The van der Waals surface area contributed by atoms with Gasteiger partial charge in [0.25, 0.3) is 0 Å². The predicted octanol–water partition coefficient (Wildman–Crippen LogP) is 2.35. The maximum Gasteiger partial charge on any atom is 0.329 e. The van der Waals surface area contributed by atoms with E-state index in [1.807, 2.05) is 0 Å². The number of nitrogens with two attached hydrogens (primary N) is 1. The van der Waals surface area contributed by atoms with E-state index in [0.717, 1.165) is 32.2 Å². The fourth-order valence-corrected chi connectivity index (χ4v) is 2.53. The van der Waals surface area contributed by atoms with Crippen molar-refractivity contribution < 1.29 is 4.79 Å². The molecule has 0 saturated carbocycles. The molecular formula is C12H25N3O. The number of carbonyl (C=O) groups excluding carboxylic acids is 1. The molecular weight excluding hydrogens is 202 g/mol. The topological polar surface area (TPSA) is 49.6 Å². The van der Waals surface area contributed by atoms with Crippen LogP contribution in [0.15, 0.2) is 0 Å². The smallest absolute Gasteiger partial charge is 0.329 e. The summed E-state index contributed by atoms with van der Waals surface area (Å²) >= 11 is 0. The normalized spacial score (nSPS) is 26.7. The summed E-state index contributed by atoms with van der Waals surface area (Å²) in [6.45, 7) is 7.23. The Bertz CT molecular complexity index is 222. The molecule has 0 bridgehead atoms. The highest BCUT2D eigenvalue weighted by atomic mass is 16.2. The third kappa shape index (κ3) is 3.11. The van der Waals surface area contributed by atoms with E-state index in [4.69, 9.17) is 5.73 Å². The lowest BCUT2D eigenvalue weighted by molar-refractivity contribution is -0.0689. The standard InChI is InChI=1S/C12H25N3O/c1-4-5-9-14(12(13)16)15-10(2)7-6-8-11(15)3/h10-11H,4-9H2,1-3H3,(H2,13,16). The molecule has 1 fully saturated rings. The first-order valence-electron chi connectivity index (χ1n) is 6.43. The zero-order chi connectivity index (χ0) is 12.1. The Balaban J connectivity index is 2.69. The fourth-order valence-electron chi connectivity index (χ4n) is 2.53. The van der Waals surface area contributed by atoms with Crippen molar-refractivity contribution in [2.24, 2.45) is 5.73 Å². The number of primary amides is 1. The molecule has 2 unspecified atom stereocenters. The number of hydrogen-bond donors (Lipinski definition) is 1. The zero-order valence-corrected chi connectivity index (χ0v) is 10.8. The van der Waals surface area contributed by atoms with Gasteiger partial charge in [0.15, 0.2) is 0 Å². The largest absolute Gasteiger partial charge is 0.350 e. The predicted molar refractivity (Wildman–Crippen MR) is 65.8 cm³/mol. The summed E-state index contributed by atoms with van der Waals surface area (Å²) in [7, 11) is 0. The highest BCUT2D eigenvalue weighted by Crippen LogP contribution is 2.24. The second kappa shape index (κ2) is 6.09. The summed E-state index contributed by atoms with van der Waals surface area (Å²) in [5.74, 6) is 0. The average Bonchev–Trinajstić information content (AvgIpc) is 2.21. The molecule has 2 N–H and O–H groups in total. The van der Waals surface area contributed by atoms with Crippen molar-refractivity contribution in [3.63, 3.8) is 0 Å². The molecule has 1 aliphatic rings. The molecule has 1 rings (SSSR count). The number of piperidine rings is 1. The van der Waals surface area contributed by atoms with Crippen LogP contribution in [0.3, 0.4) is 0 Å². The molecule has 0 aromatic rings. The van der Waals surface area contributed by atoms with E-state index in [-0.39, 0.29) is 6.03 Å². The van der Waals surface area contributed by atoms with Gasteiger partial charge in [0.1, 0.15) is 0 Å². The number of hydrogen-bond acceptors (Lipinski definition) is 2. The third-order valence-electron chi connectivity index (χ3n) is 3.40. The molecule has 1 heterocycles. The van der Waals surface area contributed by atoms with Crippen LogP contribution >= 0.6 is 0 Å². The third-order valence-corrected chi connectivity index (χ3v) is 3.40. The highest BCUT2D eigenvalue weighted by molar-refractivity contribution is 5.71. The molecule has 94 valence electrons. The quantitative estimate of drug-likeness (QED) is 0.801. The van der Waals surface area contributed by atoms with Crippen molar-refractivity contribution in [2.75, 3.05) is 6.54 Å². The van der Waals surface area contributed by atoms with Gasteiger partial charge in [0.05, 0.1) is 0 Å². The molecule has 0 aromatic heterocycles. The van der Waals surface area contributed by atoms with Crippen LogP contribution in [0.5, 0.6) is 0 Å². The first kappa shape index (κ1) is 13.3. The van der Waals surface area contributed by atoms with E-state index in [9.17, 15) is 4.79 Å². The van der Waals surface area contributed by atoms with E-state index >= 15 is 0 Å². The minimum atomic E-state index is -0.311. The van der Waals surface area contributed by atoms with Gasteiger partial charge in [-0.15, -0.1) is 0 Å². The van der Waals surface area contributed by atoms with Crippen molar-refractivity contribution in [2.45, 2.75) is 65.0 Å². The molecule has 0 spiro atoms. The second-order valence-corrected chi connectivity index (χ2v) is 4.82. The monoisotopic (exact) mass is 227 g/mol. The maximum absolute atomic E-state index is 11.5. The van der Waals surface area contributed by atoms with E-state index in [1.165, 1.54) is 6.42 Å². The summed E-state index contributed by atoms with van der Waals surface area (Å²) in [4.78, 5) is 11.5. The average molecular weight is 227 g/mol. The van der Waals surface area contributed by atoms with Crippen LogP contribution in [0.25, 0.3) is 0 Å². The van der Waals surface area contributed by atoms with Gasteiger partial charge in [-0.25, -0.2) is 9.80 Å². The van der Waals surface area contributed by atoms with Gasteiger partial charge < -0.3 is 5.73 Å². The fraction of sp³-hybridized carbons (Fsp3) is 0.917. The van der Waals surface area contributed by atoms with Crippen molar-refractivity contribution >= 4 is 6.03 Å². The molecule has 4 nitrogen and oxygen atoms in total. The molecule has 1 saturated heterocycles. The number of rotatable bonds is 4. The van der Waals surface area contributed by atoms with Crippen LogP contribution in [-0.4, -0.2) is 34.7 Å². The van der Waals surface area contributed by atoms with Crippen molar-refractivity contribution in [1.82, 2.24) is 10.0 Å². The lowest BCUT2D eigenvalue weighted by Crippen LogP contribution is -2.58. The summed E-state index contributed by atoms with van der Waals surface area (Å²) in [6, 6.07) is 0.537. The van der Waals surface area contributed by atoms with Crippen LogP contribution in [-0.2, 0) is 0 Å². The molecule has 2 amide bonds. The highest BCUT2D eigenvalue weighted by Gasteiger charge is 2.31.